The number of ether oxygens (including phenoxy) is 2. The summed E-state index contributed by atoms with van der Waals surface area (Å²) in [6.07, 6.45) is -5.06. The van der Waals surface area contributed by atoms with Crippen LogP contribution in [0.15, 0.2) is 12.1 Å². The molecular formula is C8H3Cl2F5O2. The van der Waals surface area contributed by atoms with Crippen molar-refractivity contribution >= 4 is 23.2 Å². The highest BCUT2D eigenvalue weighted by Gasteiger charge is 2.33. The van der Waals surface area contributed by atoms with E-state index in [0.29, 0.717) is 0 Å². The Hall–Kier alpha value is -0.950. The first kappa shape index (κ1) is 14.1. The summed E-state index contributed by atoms with van der Waals surface area (Å²) < 4.78 is 67.1. The van der Waals surface area contributed by atoms with Crippen LogP contribution in [-0.4, -0.2) is 13.0 Å². The first-order valence-corrected chi connectivity index (χ1v) is 4.65. The van der Waals surface area contributed by atoms with Crippen molar-refractivity contribution in [1.82, 2.24) is 0 Å². The van der Waals surface area contributed by atoms with E-state index in [1.165, 1.54) is 0 Å². The van der Waals surface area contributed by atoms with Gasteiger partial charge in [-0.25, -0.2) is 0 Å². The standard InChI is InChI=1S/C8H3Cl2F5O2/c9-3-1-2-4(17-8(13,14)15)6(5(3)10)16-7(11)12/h1-2,7H. The fourth-order valence-corrected chi connectivity index (χ4v) is 1.27. The van der Waals surface area contributed by atoms with Gasteiger partial charge >= 0.3 is 13.0 Å². The van der Waals surface area contributed by atoms with Gasteiger partial charge in [-0.05, 0) is 12.1 Å². The first-order valence-electron chi connectivity index (χ1n) is 3.89. The van der Waals surface area contributed by atoms with Gasteiger partial charge in [-0.2, -0.15) is 8.78 Å². The molecule has 0 amide bonds. The number of halogens is 7. The molecule has 0 saturated carbocycles. The van der Waals surface area contributed by atoms with Crippen LogP contribution in [0.3, 0.4) is 0 Å². The highest BCUT2D eigenvalue weighted by Crippen LogP contribution is 2.42. The Kier molecular flexibility index (Phi) is 4.26. The van der Waals surface area contributed by atoms with E-state index >= 15 is 0 Å². The van der Waals surface area contributed by atoms with Gasteiger partial charge in [-0.1, -0.05) is 23.2 Å². The minimum absolute atomic E-state index is 0.239. The number of alkyl halides is 5. The fraction of sp³-hybridized carbons (Fsp3) is 0.250. The zero-order valence-corrected chi connectivity index (χ0v) is 9.21. The van der Waals surface area contributed by atoms with Gasteiger partial charge < -0.3 is 9.47 Å². The number of hydrogen-bond acceptors (Lipinski definition) is 2. The van der Waals surface area contributed by atoms with Gasteiger partial charge in [0.2, 0.25) is 0 Å². The molecule has 0 N–H and O–H groups in total. The third-order valence-electron chi connectivity index (χ3n) is 1.45. The second-order valence-corrected chi connectivity index (χ2v) is 3.40. The molecule has 0 aliphatic heterocycles. The van der Waals surface area contributed by atoms with E-state index in [-0.39, 0.29) is 5.02 Å². The molecule has 0 heterocycles. The molecule has 0 radical (unpaired) electrons. The molecular weight excluding hydrogens is 294 g/mol. The van der Waals surface area contributed by atoms with Crippen molar-refractivity contribution in [2.24, 2.45) is 0 Å². The van der Waals surface area contributed by atoms with Gasteiger partial charge in [-0.3, -0.25) is 0 Å². The summed E-state index contributed by atoms with van der Waals surface area (Å²) in [5, 5.41) is -0.828. The van der Waals surface area contributed by atoms with E-state index < -0.39 is 29.5 Å². The van der Waals surface area contributed by atoms with E-state index in [1.807, 2.05) is 0 Å². The minimum atomic E-state index is -5.06. The number of benzene rings is 1. The van der Waals surface area contributed by atoms with Crippen molar-refractivity contribution in [3.8, 4) is 11.5 Å². The molecule has 0 aromatic heterocycles. The lowest BCUT2D eigenvalue weighted by atomic mass is 10.3. The second-order valence-electron chi connectivity index (χ2n) is 2.61. The Morgan fingerprint density at radius 2 is 1.71 bits per heavy atom. The van der Waals surface area contributed by atoms with Crippen molar-refractivity contribution in [3.05, 3.63) is 22.2 Å². The average molecular weight is 297 g/mol. The van der Waals surface area contributed by atoms with Crippen LogP contribution in [0.1, 0.15) is 0 Å². The molecule has 0 fully saturated rings. The molecule has 1 rings (SSSR count). The fourth-order valence-electron chi connectivity index (χ4n) is 0.918. The summed E-state index contributed by atoms with van der Waals surface area (Å²) in [5.41, 5.74) is 0. The van der Waals surface area contributed by atoms with Crippen LogP contribution in [0.5, 0.6) is 11.5 Å². The summed E-state index contributed by atoms with van der Waals surface area (Å²) in [7, 11) is 0. The normalized spacial score (nSPS) is 11.8. The lowest BCUT2D eigenvalue weighted by Crippen LogP contribution is -2.18. The van der Waals surface area contributed by atoms with Gasteiger partial charge in [0.1, 0.15) is 5.02 Å². The molecule has 0 aliphatic rings. The van der Waals surface area contributed by atoms with E-state index in [4.69, 9.17) is 23.2 Å². The largest absolute Gasteiger partial charge is 0.573 e. The molecule has 1 aromatic rings. The van der Waals surface area contributed by atoms with Crippen molar-refractivity contribution in [1.29, 1.82) is 0 Å². The average Bonchev–Trinajstić information content (AvgIpc) is 2.15. The van der Waals surface area contributed by atoms with Crippen LogP contribution in [-0.2, 0) is 0 Å². The third-order valence-corrected chi connectivity index (χ3v) is 2.23. The lowest BCUT2D eigenvalue weighted by Gasteiger charge is -2.15. The maximum atomic E-state index is 12.0. The van der Waals surface area contributed by atoms with Gasteiger partial charge in [0.25, 0.3) is 0 Å². The van der Waals surface area contributed by atoms with Gasteiger partial charge in [0.05, 0.1) is 5.02 Å². The van der Waals surface area contributed by atoms with Gasteiger partial charge in [0.15, 0.2) is 11.5 Å². The molecule has 9 heteroatoms. The highest BCUT2D eigenvalue weighted by atomic mass is 35.5. The van der Waals surface area contributed by atoms with Crippen molar-refractivity contribution in [3.63, 3.8) is 0 Å². The molecule has 0 spiro atoms. The van der Waals surface area contributed by atoms with Crippen LogP contribution in [0.4, 0.5) is 22.0 Å². The Labute approximate surface area is 102 Å². The topological polar surface area (TPSA) is 18.5 Å². The maximum absolute atomic E-state index is 12.0. The zero-order valence-electron chi connectivity index (χ0n) is 7.69. The maximum Gasteiger partial charge on any atom is 0.573 e. The van der Waals surface area contributed by atoms with E-state index in [9.17, 15) is 22.0 Å². The van der Waals surface area contributed by atoms with Gasteiger partial charge in [-0.15, -0.1) is 13.2 Å². The Morgan fingerprint density at radius 1 is 1.12 bits per heavy atom. The summed E-state index contributed by atoms with van der Waals surface area (Å²) in [4.78, 5) is 0. The third kappa shape index (κ3) is 4.08. The van der Waals surface area contributed by atoms with Crippen LogP contribution in [0.2, 0.25) is 10.0 Å². The number of rotatable bonds is 3. The molecule has 1 aromatic carbocycles. The molecule has 0 aliphatic carbocycles. The number of hydrogen-bond donors (Lipinski definition) is 0. The molecule has 17 heavy (non-hydrogen) atoms. The van der Waals surface area contributed by atoms with Crippen molar-refractivity contribution < 1.29 is 31.4 Å². The minimum Gasteiger partial charge on any atom is -0.429 e. The van der Waals surface area contributed by atoms with Crippen LogP contribution < -0.4 is 9.47 Å². The first-order chi connectivity index (χ1) is 7.70. The quantitative estimate of drug-likeness (QED) is 0.765. The van der Waals surface area contributed by atoms with E-state index in [0.717, 1.165) is 12.1 Å². The summed E-state index contributed by atoms with van der Waals surface area (Å²) in [6.45, 7) is -3.36. The molecule has 0 bridgehead atoms. The van der Waals surface area contributed by atoms with Crippen molar-refractivity contribution in [2.75, 3.05) is 0 Å². The van der Waals surface area contributed by atoms with Crippen molar-refractivity contribution in [2.45, 2.75) is 13.0 Å². The van der Waals surface area contributed by atoms with Gasteiger partial charge in [0, 0.05) is 0 Å². The second kappa shape index (κ2) is 5.14. The molecule has 0 unspecified atom stereocenters. The van der Waals surface area contributed by atoms with Crippen LogP contribution >= 0.6 is 23.2 Å². The molecule has 2 nitrogen and oxygen atoms in total. The Bertz CT molecular complexity index is 408. The van der Waals surface area contributed by atoms with Crippen LogP contribution in [0, 0.1) is 0 Å². The summed E-state index contributed by atoms with van der Waals surface area (Å²) in [5.74, 6) is -1.96. The Balaban J connectivity index is 3.15. The highest BCUT2D eigenvalue weighted by molar-refractivity contribution is 6.43. The molecule has 96 valence electrons. The smallest absolute Gasteiger partial charge is 0.429 e. The Morgan fingerprint density at radius 3 is 2.18 bits per heavy atom. The SMILES string of the molecule is FC(F)Oc1c(OC(F)(F)F)ccc(Cl)c1Cl. The zero-order chi connectivity index (χ0) is 13.2. The summed E-state index contributed by atoms with van der Waals surface area (Å²) in [6, 6.07) is 1.68. The van der Waals surface area contributed by atoms with E-state index in [1.54, 1.807) is 0 Å². The molecule has 0 atom stereocenters. The predicted octanol–water partition coefficient (Wildman–Crippen LogP) is 4.49. The predicted molar refractivity (Wildman–Crippen MR) is 49.8 cm³/mol. The van der Waals surface area contributed by atoms with Crippen LogP contribution in [0.25, 0.3) is 0 Å². The summed E-state index contributed by atoms with van der Waals surface area (Å²) >= 11 is 10.9. The monoisotopic (exact) mass is 296 g/mol. The van der Waals surface area contributed by atoms with E-state index in [2.05, 4.69) is 9.47 Å². The molecule has 0 saturated heterocycles. The lowest BCUT2D eigenvalue weighted by molar-refractivity contribution is -0.275.